The minimum Gasteiger partial charge on any atom is -0.352 e. The second kappa shape index (κ2) is 9.70. The van der Waals surface area contributed by atoms with E-state index in [1.165, 1.54) is 4.31 Å². The summed E-state index contributed by atoms with van der Waals surface area (Å²) in [5.41, 5.74) is 1.42. The van der Waals surface area contributed by atoms with Crippen molar-refractivity contribution >= 4 is 38.9 Å². The van der Waals surface area contributed by atoms with Crippen molar-refractivity contribution in [2.45, 2.75) is 36.9 Å². The molecule has 0 radical (unpaired) electrons. The highest BCUT2D eigenvalue weighted by molar-refractivity contribution is 7.91. The van der Waals surface area contributed by atoms with Crippen LogP contribution in [-0.2, 0) is 27.8 Å². The second-order valence-corrected chi connectivity index (χ2v) is 11.0. The molecule has 1 aromatic carbocycles. The molecule has 1 aliphatic rings. The van der Waals surface area contributed by atoms with Gasteiger partial charge in [-0.05, 0) is 30.5 Å². The normalized spacial score (nSPS) is 17.4. The Labute approximate surface area is 195 Å². The summed E-state index contributed by atoms with van der Waals surface area (Å²) < 4.78 is 33.1. The average Bonchev–Trinajstić information content (AvgIpc) is 3.48. The largest absolute Gasteiger partial charge is 0.352 e. The lowest BCUT2D eigenvalue weighted by Crippen LogP contribution is -2.45. The van der Waals surface area contributed by atoms with E-state index < -0.39 is 15.9 Å². The van der Waals surface area contributed by atoms with Crippen LogP contribution in [0.4, 0.5) is 0 Å². The molecule has 4 rings (SSSR count). The first-order chi connectivity index (χ1) is 15.4. The molecule has 1 aliphatic heterocycles. The maximum absolute atomic E-state index is 13.2. The van der Waals surface area contributed by atoms with Gasteiger partial charge in [-0.3, -0.25) is 4.79 Å². The van der Waals surface area contributed by atoms with E-state index in [4.69, 9.17) is 16.1 Å². The number of amides is 1. The second-order valence-electron chi connectivity index (χ2n) is 7.53. The van der Waals surface area contributed by atoms with Crippen LogP contribution in [0.25, 0.3) is 11.4 Å². The van der Waals surface area contributed by atoms with Gasteiger partial charge in [0.05, 0.1) is 5.92 Å². The van der Waals surface area contributed by atoms with Gasteiger partial charge >= 0.3 is 0 Å². The van der Waals surface area contributed by atoms with Gasteiger partial charge in [0, 0.05) is 42.0 Å². The molecule has 170 valence electrons. The number of benzene rings is 1. The Morgan fingerprint density at radius 1 is 1.38 bits per heavy atom. The number of hydrogen-bond acceptors (Lipinski definition) is 7. The Bertz CT molecular complexity index is 1210. The maximum atomic E-state index is 13.2. The van der Waals surface area contributed by atoms with Crippen LogP contribution in [0.3, 0.4) is 0 Å². The van der Waals surface area contributed by atoms with Crippen molar-refractivity contribution in [1.29, 1.82) is 0 Å². The Kier molecular flexibility index (Phi) is 6.94. The number of piperidine rings is 1. The quantitative estimate of drug-likeness (QED) is 0.536. The molecular weight excluding hydrogens is 472 g/mol. The number of thiophene rings is 1. The Morgan fingerprint density at radius 2 is 2.19 bits per heavy atom. The van der Waals surface area contributed by atoms with Gasteiger partial charge < -0.3 is 9.84 Å². The molecule has 0 aliphatic carbocycles. The molecule has 1 saturated heterocycles. The van der Waals surface area contributed by atoms with Crippen LogP contribution in [0.2, 0.25) is 5.02 Å². The Hall–Kier alpha value is -2.27. The molecular formula is C21H23ClN4O4S2. The Balaban J connectivity index is 1.43. The fraction of sp³-hybridized carbons (Fsp3) is 0.381. The van der Waals surface area contributed by atoms with Crippen LogP contribution in [0, 0.1) is 5.92 Å². The molecule has 1 N–H and O–H groups in total. The number of nitrogens with zero attached hydrogens (tertiary/aromatic N) is 3. The molecule has 3 aromatic rings. The van der Waals surface area contributed by atoms with E-state index in [0.717, 1.165) is 16.9 Å². The third-order valence-electron chi connectivity index (χ3n) is 5.36. The summed E-state index contributed by atoms with van der Waals surface area (Å²) in [4.78, 5) is 17.0. The van der Waals surface area contributed by atoms with Gasteiger partial charge in [0.1, 0.15) is 4.21 Å². The lowest BCUT2D eigenvalue weighted by Gasteiger charge is -2.30. The smallest absolute Gasteiger partial charge is 0.252 e. The first-order valence-corrected chi connectivity index (χ1v) is 13.0. The topological polar surface area (TPSA) is 105 Å². The molecule has 3 heterocycles. The van der Waals surface area contributed by atoms with Gasteiger partial charge in [0.15, 0.2) is 0 Å². The number of hydrogen-bond donors (Lipinski definition) is 1. The number of nitrogens with one attached hydrogen (secondary N) is 1. The first-order valence-electron chi connectivity index (χ1n) is 10.3. The monoisotopic (exact) mass is 494 g/mol. The zero-order valence-corrected chi connectivity index (χ0v) is 19.8. The predicted molar refractivity (Wildman–Crippen MR) is 122 cm³/mol. The summed E-state index contributed by atoms with van der Waals surface area (Å²) in [5.74, 6) is 0.285. The SMILES string of the molecule is CCc1nc(-c2csc(S(=O)(=O)N3CCC[C@H](C(=O)NCc4ccccc4Cl)C3)c2)no1. The number of rotatable bonds is 7. The summed E-state index contributed by atoms with van der Waals surface area (Å²) in [7, 11) is -3.72. The van der Waals surface area contributed by atoms with Crippen molar-refractivity contribution < 1.29 is 17.7 Å². The highest BCUT2D eigenvalue weighted by Gasteiger charge is 2.34. The fourth-order valence-electron chi connectivity index (χ4n) is 3.56. The number of aromatic nitrogens is 2. The van der Waals surface area contributed by atoms with Crippen molar-refractivity contribution in [1.82, 2.24) is 19.8 Å². The van der Waals surface area contributed by atoms with E-state index in [2.05, 4.69) is 15.5 Å². The molecule has 32 heavy (non-hydrogen) atoms. The van der Waals surface area contributed by atoms with E-state index >= 15 is 0 Å². The van der Waals surface area contributed by atoms with Crippen LogP contribution in [0.1, 0.15) is 31.2 Å². The zero-order valence-electron chi connectivity index (χ0n) is 17.5. The molecule has 8 nitrogen and oxygen atoms in total. The molecule has 2 aromatic heterocycles. The summed E-state index contributed by atoms with van der Waals surface area (Å²) in [6.45, 7) is 2.73. The van der Waals surface area contributed by atoms with Crippen molar-refractivity contribution in [2.75, 3.05) is 13.1 Å². The lowest BCUT2D eigenvalue weighted by atomic mass is 9.99. The predicted octanol–water partition coefficient (Wildman–Crippen LogP) is 3.73. The molecule has 0 saturated carbocycles. The van der Waals surface area contributed by atoms with E-state index in [1.807, 2.05) is 25.1 Å². The number of sulfonamides is 1. The maximum Gasteiger partial charge on any atom is 0.252 e. The molecule has 1 atom stereocenters. The van der Waals surface area contributed by atoms with Crippen LogP contribution >= 0.6 is 22.9 Å². The van der Waals surface area contributed by atoms with Gasteiger partial charge in [-0.25, -0.2) is 8.42 Å². The molecule has 11 heteroatoms. The van der Waals surface area contributed by atoms with E-state index in [9.17, 15) is 13.2 Å². The molecule has 0 spiro atoms. The highest BCUT2D eigenvalue weighted by Crippen LogP contribution is 2.31. The summed E-state index contributed by atoms with van der Waals surface area (Å²) in [6.07, 6.45) is 1.86. The molecule has 0 bridgehead atoms. The van der Waals surface area contributed by atoms with Crippen LogP contribution in [0.5, 0.6) is 0 Å². The minimum absolute atomic E-state index is 0.145. The highest BCUT2D eigenvalue weighted by atomic mass is 35.5. The molecule has 1 fully saturated rings. The third kappa shape index (κ3) is 4.88. The first kappa shape index (κ1) is 22.9. The minimum atomic E-state index is -3.72. The zero-order chi connectivity index (χ0) is 22.7. The van der Waals surface area contributed by atoms with E-state index in [1.54, 1.807) is 17.5 Å². The van der Waals surface area contributed by atoms with Gasteiger partial charge in [-0.1, -0.05) is 41.9 Å². The third-order valence-corrected chi connectivity index (χ3v) is 9.01. The number of aryl methyl sites for hydroxylation is 1. The van der Waals surface area contributed by atoms with Crippen LogP contribution in [-0.4, -0.2) is 41.9 Å². The lowest BCUT2D eigenvalue weighted by molar-refractivity contribution is -0.126. The Morgan fingerprint density at radius 3 is 2.94 bits per heavy atom. The van der Waals surface area contributed by atoms with Crippen molar-refractivity contribution in [3.63, 3.8) is 0 Å². The number of carbonyl (C=O) groups is 1. The van der Waals surface area contributed by atoms with Crippen molar-refractivity contribution in [3.05, 3.63) is 52.2 Å². The molecule has 0 unspecified atom stereocenters. The summed E-state index contributed by atoms with van der Waals surface area (Å²) >= 11 is 7.26. The summed E-state index contributed by atoms with van der Waals surface area (Å²) in [5, 5.41) is 9.08. The fourth-order valence-corrected chi connectivity index (χ4v) is 6.59. The number of carbonyl (C=O) groups excluding carboxylic acids is 1. The number of halogens is 1. The van der Waals surface area contributed by atoms with Crippen LogP contribution < -0.4 is 5.32 Å². The van der Waals surface area contributed by atoms with Crippen molar-refractivity contribution in [2.24, 2.45) is 5.92 Å². The van der Waals surface area contributed by atoms with Gasteiger partial charge in [-0.15, -0.1) is 11.3 Å². The molecule has 1 amide bonds. The van der Waals surface area contributed by atoms with Gasteiger partial charge in [-0.2, -0.15) is 9.29 Å². The standard InChI is InChI=1S/C21H23ClN4O4S2/c1-2-18-24-20(25-30-18)16-10-19(31-13-16)32(28,29)26-9-5-7-15(12-26)21(27)23-11-14-6-3-4-8-17(14)22/h3-4,6,8,10,13,15H,2,5,7,9,11-12H2,1H3,(H,23,27)/t15-/m0/s1. The summed E-state index contributed by atoms with van der Waals surface area (Å²) in [6, 6.07) is 8.86. The van der Waals surface area contributed by atoms with Crippen LogP contribution in [0.15, 0.2) is 44.4 Å². The van der Waals surface area contributed by atoms with Crippen molar-refractivity contribution in [3.8, 4) is 11.4 Å². The average molecular weight is 495 g/mol. The van der Waals surface area contributed by atoms with Gasteiger partial charge in [0.2, 0.25) is 17.6 Å². The van der Waals surface area contributed by atoms with E-state index in [-0.39, 0.29) is 16.7 Å². The van der Waals surface area contributed by atoms with Gasteiger partial charge in [0.25, 0.3) is 10.0 Å². The van der Waals surface area contributed by atoms with E-state index in [0.29, 0.717) is 54.7 Å².